The molecule has 0 heterocycles. The number of carbonyl (C=O) groups excluding carboxylic acids is 1. The van der Waals surface area contributed by atoms with Gasteiger partial charge >= 0.3 is 0 Å². The summed E-state index contributed by atoms with van der Waals surface area (Å²) in [5.74, 6) is -0.358. The fraction of sp³-hybridized carbons (Fsp3) is 0.133. The summed E-state index contributed by atoms with van der Waals surface area (Å²) in [4.78, 5) is 11.7. The van der Waals surface area contributed by atoms with Crippen LogP contribution in [0.4, 0.5) is 4.39 Å². The van der Waals surface area contributed by atoms with Crippen LogP contribution in [0.3, 0.4) is 0 Å². The highest BCUT2D eigenvalue weighted by atomic mass is 35.5. The fourth-order valence-electron chi connectivity index (χ4n) is 1.70. The molecular weight excluding hydrogens is 251 g/mol. The quantitative estimate of drug-likeness (QED) is 0.595. The van der Waals surface area contributed by atoms with Crippen molar-refractivity contribution in [2.75, 3.05) is 0 Å². The Kier molecular flexibility index (Phi) is 3.78. The minimum atomic E-state index is -0.526. The Hall–Kier alpha value is -1.67. The number of rotatable bonds is 3. The fourth-order valence-corrected chi connectivity index (χ4v) is 1.82. The van der Waals surface area contributed by atoms with E-state index in [0.717, 1.165) is 11.1 Å². The molecule has 1 unspecified atom stereocenters. The molecule has 18 heavy (non-hydrogen) atoms. The lowest BCUT2D eigenvalue weighted by atomic mass is 10.0. The van der Waals surface area contributed by atoms with E-state index in [1.165, 1.54) is 12.1 Å². The molecule has 0 N–H and O–H groups in total. The van der Waals surface area contributed by atoms with Gasteiger partial charge in [0.05, 0.1) is 5.38 Å². The van der Waals surface area contributed by atoms with Crippen molar-refractivity contribution in [2.24, 2.45) is 0 Å². The zero-order chi connectivity index (χ0) is 13.1. The monoisotopic (exact) mass is 262 g/mol. The molecule has 1 nitrogen and oxygen atoms in total. The molecule has 0 radical (unpaired) electrons. The van der Waals surface area contributed by atoms with E-state index < -0.39 is 5.38 Å². The largest absolute Gasteiger partial charge is 0.293 e. The maximum atomic E-state index is 12.8. The molecule has 0 amide bonds. The standard InChI is InChI=1S/C15H12ClFO/c1-10(16)15(18)13-4-2-11(3-5-13)12-6-8-14(17)9-7-12/h2-10H,1H3. The van der Waals surface area contributed by atoms with E-state index in [1.54, 1.807) is 31.2 Å². The summed E-state index contributed by atoms with van der Waals surface area (Å²) in [5, 5.41) is -0.526. The second kappa shape index (κ2) is 5.32. The van der Waals surface area contributed by atoms with Crippen LogP contribution in [-0.2, 0) is 0 Å². The van der Waals surface area contributed by atoms with Crippen LogP contribution in [0.2, 0.25) is 0 Å². The van der Waals surface area contributed by atoms with Gasteiger partial charge in [-0.1, -0.05) is 36.4 Å². The van der Waals surface area contributed by atoms with Crippen molar-refractivity contribution in [2.45, 2.75) is 12.3 Å². The smallest absolute Gasteiger partial charge is 0.180 e. The summed E-state index contributed by atoms with van der Waals surface area (Å²) < 4.78 is 12.8. The lowest BCUT2D eigenvalue weighted by Crippen LogP contribution is -2.09. The molecule has 0 aliphatic rings. The second-order valence-electron chi connectivity index (χ2n) is 4.06. The molecule has 2 aromatic carbocycles. The molecule has 1 atom stereocenters. The van der Waals surface area contributed by atoms with Crippen molar-refractivity contribution < 1.29 is 9.18 Å². The number of Topliss-reactive ketones (excluding diaryl/α,β-unsaturated/α-hetero) is 1. The average molecular weight is 263 g/mol. The van der Waals surface area contributed by atoms with Gasteiger partial charge in [0, 0.05) is 5.56 Å². The molecule has 0 aliphatic heterocycles. The van der Waals surface area contributed by atoms with Gasteiger partial charge in [-0.05, 0) is 30.2 Å². The van der Waals surface area contributed by atoms with Crippen LogP contribution < -0.4 is 0 Å². The van der Waals surface area contributed by atoms with Crippen LogP contribution in [-0.4, -0.2) is 11.2 Å². The van der Waals surface area contributed by atoms with Crippen molar-refractivity contribution in [1.29, 1.82) is 0 Å². The number of hydrogen-bond donors (Lipinski definition) is 0. The molecule has 0 aromatic heterocycles. The number of hydrogen-bond acceptors (Lipinski definition) is 1. The van der Waals surface area contributed by atoms with E-state index in [0.29, 0.717) is 5.56 Å². The molecule has 0 saturated heterocycles. The highest BCUT2D eigenvalue weighted by Crippen LogP contribution is 2.21. The highest BCUT2D eigenvalue weighted by Gasteiger charge is 2.11. The SMILES string of the molecule is CC(Cl)C(=O)c1ccc(-c2ccc(F)cc2)cc1. The van der Waals surface area contributed by atoms with Crippen LogP contribution >= 0.6 is 11.6 Å². The first-order chi connectivity index (χ1) is 8.58. The van der Waals surface area contributed by atoms with E-state index in [2.05, 4.69) is 0 Å². The summed E-state index contributed by atoms with van der Waals surface area (Å²) in [7, 11) is 0. The van der Waals surface area contributed by atoms with E-state index in [4.69, 9.17) is 11.6 Å². The van der Waals surface area contributed by atoms with Gasteiger partial charge < -0.3 is 0 Å². The molecule has 2 rings (SSSR count). The van der Waals surface area contributed by atoms with Crippen LogP contribution in [0.5, 0.6) is 0 Å². The van der Waals surface area contributed by atoms with Gasteiger partial charge in [-0.2, -0.15) is 0 Å². The zero-order valence-corrected chi connectivity index (χ0v) is 10.6. The first-order valence-corrected chi connectivity index (χ1v) is 6.06. The third kappa shape index (κ3) is 2.77. The lowest BCUT2D eigenvalue weighted by Gasteiger charge is -2.05. The topological polar surface area (TPSA) is 17.1 Å². The van der Waals surface area contributed by atoms with Crippen molar-refractivity contribution in [3.8, 4) is 11.1 Å². The van der Waals surface area contributed by atoms with Crippen LogP contribution in [0.15, 0.2) is 48.5 Å². The Morgan fingerprint density at radius 1 is 1.00 bits per heavy atom. The molecular formula is C15H12ClFO. The van der Waals surface area contributed by atoms with Gasteiger partial charge in [0.25, 0.3) is 0 Å². The summed E-state index contributed by atoms with van der Waals surface area (Å²) in [6.45, 7) is 1.65. The highest BCUT2D eigenvalue weighted by molar-refractivity contribution is 6.33. The Morgan fingerprint density at radius 3 is 1.89 bits per heavy atom. The Bertz CT molecular complexity index is 544. The maximum Gasteiger partial charge on any atom is 0.180 e. The number of benzene rings is 2. The summed E-state index contributed by atoms with van der Waals surface area (Å²) >= 11 is 5.75. The molecule has 3 heteroatoms. The van der Waals surface area contributed by atoms with Gasteiger partial charge in [-0.25, -0.2) is 4.39 Å². The van der Waals surface area contributed by atoms with E-state index in [9.17, 15) is 9.18 Å². The maximum absolute atomic E-state index is 12.8. The van der Waals surface area contributed by atoms with Crippen molar-refractivity contribution in [1.82, 2.24) is 0 Å². The van der Waals surface area contributed by atoms with Gasteiger partial charge in [-0.3, -0.25) is 4.79 Å². The molecule has 2 aromatic rings. The van der Waals surface area contributed by atoms with Gasteiger partial charge in [0.2, 0.25) is 0 Å². The molecule has 0 saturated carbocycles. The summed E-state index contributed by atoms with van der Waals surface area (Å²) in [6, 6.07) is 13.4. The first-order valence-electron chi connectivity index (χ1n) is 5.62. The van der Waals surface area contributed by atoms with Crippen molar-refractivity contribution in [3.63, 3.8) is 0 Å². The van der Waals surface area contributed by atoms with Crippen molar-refractivity contribution >= 4 is 17.4 Å². The molecule has 0 aliphatic carbocycles. The number of ketones is 1. The Balaban J connectivity index is 2.27. The molecule has 92 valence electrons. The predicted octanol–water partition coefficient (Wildman–Crippen LogP) is 4.30. The second-order valence-corrected chi connectivity index (χ2v) is 4.72. The third-order valence-electron chi connectivity index (χ3n) is 2.71. The number of carbonyl (C=O) groups is 1. The zero-order valence-electron chi connectivity index (χ0n) is 9.86. The van der Waals surface area contributed by atoms with Crippen LogP contribution in [0, 0.1) is 5.82 Å². The molecule has 0 fully saturated rings. The van der Waals surface area contributed by atoms with E-state index >= 15 is 0 Å². The van der Waals surface area contributed by atoms with Gasteiger partial charge in [0.1, 0.15) is 5.82 Å². The minimum absolute atomic E-state index is 0.0951. The molecule has 0 spiro atoms. The van der Waals surface area contributed by atoms with E-state index in [1.807, 2.05) is 12.1 Å². The minimum Gasteiger partial charge on any atom is -0.293 e. The first kappa shape index (κ1) is 12.8. The number of halogens is 2. The predicted molar refractivity (Wildman–Crippen MR) is 71.5 cm³/mol. The van der Waals surface area contributed by atoms with Gasteiger partial charge in [-0.15, -0.1) is 11.6 Å². The normalized spacial score (nSPS) is 12.2. The third-order valence-corrected chi connectivity index (χ3v) is 2.91. The van der Waals surface area contributed by atoms with Crippen molar-refractivity contribution in [3.05, 3.63) is 59.9 Å². The lowest BCUT2D eigenvalue weighted by molar-refractivity contribution is 0.0992. The van der Waals surface area contributed by atoms with Crippen LogP contribution in [0.1, 0.15) is 17.3 Å². The number of alkyl halides is 1. The Labute approximate surface area is 110 Å². The van der Waals surface area contributed by atoms with Gasteiger partial charge in [0.15, 0.2) is 5.78 Å². The average Bonchev–Trinajstić information content (AvgIpc) is 2.39. The Morgan fingerprint density at radius 2 is 1.44 bits per heavy atom. The summed E-state index contributed by atoms with van der Waals surface area (Å²) in [5.41, 5.74) is 2.44. The van der Waals surface area contributed by atoms with E-state index in [-0.39, 0.29) is 11.6 Å². The van der Waals surface area contributed by atoms with Crippen LogP contribution in [0.25, 0.3) is 11.1 Å². The molecule has 0 bridgehead atoms. The summed E-state index contributed by atoms with van der Waals surface area (Å²) in [6.07, 6.45) is 0.